The molecule has 1 aromatic heterocycles. The molecule has 43 heavy (non-hydrogen) atoms. The molecule has 3 aromatic carbocycles. The number of hydrogen-bond acceptors (Lipinski definition) is 8. The number of fused-ring (bicyclic) bond motifs is 1. The first kappa shape index (κ1) is 30.1. The van der Waals surface area contributed by atoms with Crippen molar-refractivity contribution in [2.75, 3.05) is 20.8 Å². The molecule has 1 aliphatic rings. The molecule has 0 bridgehead atoms. The summed E-state index contributed by atoms with van der Waals surface area (Å²) in [5, 5.41) is 0.626. The third-order valence-electron chi connectivity index (χ3n) is 7.04. The molecular formula is C33H31ClN2O6S. The van der Waals surface area contributed by atoms with Gasteiger partial charge in [-0.3, -0.25) is 14.2 Å². The smallest absolute Gasteiger partial charge is 0.271 e. The van der Waals surface area contributed by atoms with Crippen molar-refractivity contribution in [3.8, 4) is 23.0 Å². The zero-order valence-corrected chi connectivity index (χ0v) is 26.0. The lowest BCUT2D eigenvalue weighted by Gasteiger charge is -2.26. The van der Waals surface area contributed by atoms with Crippen molar-refractivity contribution in [1.29, 1.82) is 0 Å². The first-order valence-corrected chi connectivity index (χ1v) is 14.8. The molecule has 0 saturated carbocycles. The second-order valence-corrected chi connectivity index (χ2v) is 11.2. The van der Waals surface area contributed by atoms with Crippen molar-refractivity contribution < 1.29 is 23.7 Å². The number of benzene rings is 3. The molecule has 0 N–H and O–H groups in total. The van der Waals surface area contributed by atoms with Gasteiger partial charge in [-0.2, -0.15) is 0 Å². The molecule has 0 amide bonds. The number of carbonyl (C=O) groups is 1. The number of allylic oxidation sites excluding steroid dienone is 2. The number of thiazole rings is 1. The van der Waals surface area contributed by atoms with E-state index >= 15 is 0 Å². The van der Waals surface area contributed by atoms with E-state index in [-0.39, 0.29) is 17.9 Å². The summed E-state index contributed by atoms with van der Waals surface area (Å²) < 4.78 is 25.0. The Kier molecular flexibility index (Phi) is 9.03. The van der Waals surface area contributed by atoms with Crippen LogP contribution in [0.15, 0.2) is 81.7 Å². The number of carbonyl (C=O) groups excluding carboxylic acids is 1. The topological polar surface area (TPSA) is 88.3 Å². The van der Waals surface area contributed by atoms with Gasteiger partial charge in [-0.1, -0.05) is 47.2 Å². The molecule has 5 rings (SSSR count). The molecule has 4 aromatic rings. The maximum absolute atomic E-state index is 14.0. The van der Waals surface area contributed by atoms with Crippen LogP contribution in [0.1, 0.15) is 43.5 Å². The Labute approximate surface area is 258 Å². The fourth-order valence-electron chi connectivity index (χ4n) is 5.03. The maximum atomic E-state index is 14.0. The number of Topliss-reactive ketones (excluding diaryl/α,β-unsaturated/α-hetero) is 1. The molecule has 0 spiro atoms. The normalized spacial score (nSPS) is 14.7. The Morgan fingerprint density at radius 1 is 1.02 bits per heavy atom. The van der Waals surface area contributed by atoms with Crippen LogP contribution in [0.3, 0.4) is 0 Å². The molecule has 222 valence electrons. The summed E-state index contributed by atoms with van der Waals surface area (Å²) >= 11 is 7.55. The van der Waals surface area contributed by atoms with E-state index in [0.717, 1.165) is 11.1 Å². The van der Waals surface area contributed by atoms with Gasteiger partial charge in [-0.25, -0.2) is 4.99 Å². The van der Waals surface area contributed by atoms with Crippen molar-refractivity contribution in [1.82, 2.24) is 4.57 Å². The molecule has 2 heterocycles. The largest absolute Gasteiger partial charge is 0.497 e. The van der Waals surface area contributed by atoms with E-state index in [1.54, 1.807) is 43.9 Å². The highest BCUT2D eigenvalue weighted by molar-refractivity contribution is 7.07. The molecule has 0 aliphatic carbocycles. The van der Waals surface area contributed by atoms with E-state index in [1.807, 2.05) is 55.5 Å². The van der Waals surface area contributed by atoms with Gasteiger partial charge in [0.05, 0.1) is 31.4 Å². The number of ether oxygens (including phenoxy) is 4. The number of methoxy groups -OCH3 is 2. The fraction of sp³-hybridized carbons (Fsp3) is 0.242. The first-order valence-electron chi connectivity index (χ1n) is 13.6. The van der Waals surface area contributed by atoms with E-state index in [1.165, 1.54) is 18.3 Å². The SMILES string of the molecule is CCOc1cc(/C=c2/sc3n(c2=O)[C@H](c2ccc(OC)cc2OC)C(C(C)=O)=C(C)N=3)ccc1OCc1ccccc1Cl. The van der Waals surface area contributed by atoms with Crippen LogP contribution in [0.25, 0.3) is 6.08 Å². The summed E-state index contributed by atoms with van der Waals surface area (Å²) in [7, 11) is 3.11. The number of halogens is 1. The summed E-state index contributed by atoms with van der Waals surface area (Å²) in [5.41, 5.74) is 2.99. The second kappa shape index (κ2) is 12.9. The van der Waals surface area contributed by atoms with Crippen LogP contribution in [0.2, 0.25) is 5.02 Å². The van der Waals surface area contributed by atoms with Gasteiger partial charge in [0.25, 0.3) is 5.56 Å². The van der Waals surface area contributed by atoms with Crippen LogP contribution in [0.4, 0.5) is 0 Å². The van der Waals surface area contributed by atoms with Gasteiger partial charge in [0, 0.05) is 33.5 Å². The lowest BCUT2D eigenvalue weighted by Crippen LogP contribution is -2.39. The second-order valence-electron chi connectivity index (χ2n) is 9.77. The number of aromatic nitrogens is 1. The summed E-state index contributed by atoms with van der Waals surface area (Å²) in [5.74, 6) is 2.04. The van der Waals surface area contributed by atoms with Crippen molar-refractivity contribution in [3.63, 3.8) is 0 Å². The van der Waals surface area contributed by atoms with Gasteiger partial charge < -0.3 is 18.9 Å². The lowest BCUT2D eigenvalue weighted by molar-refractivity contribution is -0.114. The average molecular weight is 619 g/mol. The lowest BCUT2D eigenvalue weighted by atomic mass is 9.92. The highest BCUT2D eigenvalue weighted by atomic mass is 35.5. The maximum Gasteiger partial charge on any atom is 0.271 e. The predicted molar refractivity (Wildman–Crippen MR) is 167 cm³/mol. The first-order chi connectivity index (χ1) is 20.7. The van der Waals surface area contributed by atoms with Crippen LogP contribution in [-0.2, 0) is 11.4 Å². The van der Waals surface area contributed by atoms with Crippen LogP contribution < -0.4 is 33.8 Å². The quantitative estimate of drug-likeness (QED) is 0.234. The van der Waals surface area contributed by atoms with E-state index in [2.05, 4.69) is 4.99 Å². The van der Waals surface area contributed by atoms with Crippen molar-refractivity contribution in [2.24, 2.45) is 4.99 Å². The highest BCUT2D eigenvalue weighted by Gasteiger charge is 2.32. The zero-order chi connectivity index (χ0) is 30.7. The molecule has 10 heteroatoms. The number of ketones is 1. The minimum Gasteiger partial charge on any atom is -0.497 e. The van der Waals surface area contributed by atoms with Crippen LogP contribution in [0, 0.1) is 0 Å². The molecule has 0 radical (unpaired) electrons. The predicted octanol–water partition coefficient (Wildman–Crippen LogP) is 5.47. The third-order valence-corrected chi connectivity index (χ3v) is 8.39. The Morgan fingerprint density at radius 2 is 1.81 bits per heavy atom. The molecule has 0 unspecified atom stereocenters. The van der Waals surface area contributed by atoms with E-state index in [4.69, 9.17) is 30.5 Å². The Morgan fingerprint density at radius 3 is 2.51 bits per heavy atom. The third kappa shape index (κ3) is 6.09. The van der Waals surface area contributed by atoms with Crippen LogP contribution in [0.5, 0.6) is 23.0 Å². The summed E-state index contributed by atoms with van der Waals surface area (Å²) in [6, 6.07) is 17.6. The van der Waals surface area contributed by atoms with Gasteiger partial charge in [0.1, 0.15) is 18.1 Å². The minimum atomic E-state index is -0.712. The highest BCUT2D eigenvalue weighted by Crippen LogP contribution is 2.37. The van der Waals surface area contributed by atoms with Gasteiger partial charge in [-0.05, 0) is 62.7 Å². The van der Waals surface area contributed by atoms with E-state index in [0.29, 0.717) is 60.8 Å². The fourth-order valence-corrected chi connectivity index (χ4v) is 6.27. The van der Waals surface area contributed by atoms with E-state index in [9.17, 15) is 9.59 Å². The summed E-state index contributed by atoms with van der Waals surface area (Å²) in [4.78, 5) is 32.0. The standard InChI is InChI=1S/C33H31ClN2O6S/c1-6-41-28-15-21(11-14-26(28)42-18-22-9-7-8-10-25(22)34)16-29-32(38)36-31(24-13-12-23(39-4)17-27(24)40-5)30(20(3)37)19(2)35-33(36)43-29/h7-17,31H,6,18H2,1-5H3/b29-16+/t31-/m1/s1. The van der Waals surface area contributed by atoms with Gasteiger partial charge in [0.15, 0.2) is 22.1 Å². The van der Waals surface area contributed by atoms with Gasteiger partial charge in [-0.15, -0.1) is 0 Å². The zero-order valence-electron chi connectivity index (χ0n) is 24.5. The molecule has 0 fully saturated rings. The average Bonchev–Trinajstić information content (AvgIpc) is 3.30. The number of rotatable bonds is 10. The monoisotopic (exact) mass is 618 g/mol. The molecule has 8 nitrogen and oxygen atoms in total. The van der Waals surface area contributed by atoms with Crippen LogP contribution >= 0.6 is 22.9 Å². The van der Waals surface area contributed by atoms with Crippen molar-refractivity contribution in [3.05, 3.63) is 113 Å². The van der Waals surface area contributed by atoms with E-state index < -0.39 is 6.04 Å². The molecular weight excluding hydrogens is 588 g/mol. The molecule has 1 aliphatic heterocycles. The van der Waals surface area contributed by atoms with Gasteiger partial charge in [0.2, 0.25) is 0 Å². The number of nitrogens with zero attached hydrogens (tertiary/aromatic N) is 2. The van der Waals surface area contributed by atoms with Crippen molar-refractivity contribution in [2.45, 2.75) is 33.4 Å². The Hall–Kier alpha value is -4.34. The molecule has 0 saturated heterocycles. The van der Waals surface area contributed by atoms with Gasteiger partial charge >= 0.3 is 0 Å². The Bertz CT molecular complexity index is 1910. The minimum absolute atomic E-state index is 0.174. The van der Waals surface area contributed by atoms with Crippen LogP contribution in [-0.4, -0.2) is 31.2 Å². The molecule has 1 atom stereocenters. The van der Waals surface area contributed by atoms with Crippen molar-refractivity contribution >= 4 is 34.8 Å². The summed E-state index contributed by atoms with van der Waals surface area (Å²) in [6.07, 6.45) is 1.79. The Balaban J connectivity index is 1.58. The number of hydrogen-bond donors (Lipinski definition) is 0. The summed E-state index contributed by atoms with van der Waals surface area (Å²) in [6.45, 7) is 5.88.